The lowest BCUT2D eigenvalue weighted by molar-refractivity contribution is -0.138. The van der Waals surface area contributed by atoms with Crippen molar-refractivity contribution in [1.82, 2.24) is 5.32 Å². The minimum Gasteiger partial charge on any atom is -0.481 e. The smallest absolute Gasteiger partial charge is 0.303 e. The maximum atomic E-state index is 10.3. The molecule has 0 radical (unpaired) electrons. The van der Waals surface area contributed by atoms with Crippen LogP contribution in [-0.4, -0.2) is 31.1 Å². The third kappa shape index (κ3) is 16.0. The first-order valence-corrected chi connectivity index (χ1v) is 3.17. The van der Waals surface area contributed by atoms with Gasteiger partial charge in [-0.1, -0.05) is 7.43 Å². The van der Waals surface area contributed by atoms with Gasteiger partial charge in [0.15, 0.2) is 0 Å². The summed E-state index contributed by atoms with van der Waals surface area (Å²) in [7, 11) is 2.98. The van der Waals surface area contributed by atoms with E-state index >= 15 is 0 Å². The summed E-state index contributed by atoms with van der Waals surface area (Å²) in [6.45, 7) is 0. The molecule has 0 aliphatic carbocycles. The van der Waals surface area contributed by atoms with Crippen LogP contribution in [0.3, 0.4) is 0 Å². The number of nitrogens with two attached hydrogens (primary N) is 1. The van der Waals surface area contributed by atoms with Gasteiger partial charge in [-0.2, -0.15) is 0 Å². The molecule has 0 heterocycles. The predicted octanol–water partition coefficient (Wildman–Crippen LogP) is -0.192. The SMILES string of the molecule is C.CN.CNC(=O)CCC(=O)O. The summed E-state index contributed by atoms with van der Waals surface area (Å²) in [5.74, 6) is -1.18. The topological polar surface area (TPSA) is 92.4 Å². The maximum absolute atomic E-state index is 10.3. The van der Waals surface area contributed by atoms with E-state index in [1.54, 1.807) is 0 Å². The van der Waals surface area contributed by atoms with Crippen LogP contribution in [0.25, 0.3) is 0 Å². The quantitative estimate of drug-likeness (QED) is 0.558. The fourth-order valence-corrected chi connectivity index (χ4v) is 0.345. The molecule has 12 heavy (non-hydrogen) atoms. The number of carbonyl (C=O) groups excluding carboxylic acids is 1. The van der Waals surface area contributed by atoms with Gasteiger partial charge in [-0.15, -0.1) is 0 Å². The third-order valence-electron chi connectivity index (χ3n) is 0.845. The highest BCUT2D eigenvalue weighted by Gasteiger charge is 2.00. The maximum Gasteiger partial charge on any atom is 0.303 e. The van der Waals surface area contributed by atoms with Gasteiger partial charge in [-0.25, -0.2) is 0 Å². The first-order valence-electron chi connectivity index (χ1n) is 3.17. The summed E-state index contributed by atoms with van der Waals surface area (Å²) >= 11 is 0. The molecule has 0 rings (SSSR count). The lowest BCUT2D eigenvalue weighted by Gasteiger charge is -1.93. The van der Waals surface area contributed by atoms with Crippen LogP contribution in [0, 0.1) is 0 Å². The molecule has 74 valence electrons. The Kier molecular flexibility index (Phi) is 17.9. The number of rotatable bonds is 3. The van der Waals surface area contributed by atoms with Gasteiger partial charge in [-0.3, -0.25) is 9.59 Å². The summed E-state index contributed by atoms with van der Waals surface area (Å²) in [4.78, 5) is 20.2. The Labute approximate surface area is 72.9 Å². The molecule has 0 saturated carbocycles. The molecule has 0 aliphatic rings. The van der Waals surface area contributed by atoms with Crippen molar-refractivity contribution in [3.63, 3.8) is 0 Å². The number of carboxylic acids is 1. The van der Waals surface area contributed by atoms with Crippen molar-refractivity contribution < 1.29 is 14.7 Å². The number of aliphatic carboxylic acids is 1. The normalized spacial score (nSPS) is 6.92. The molecule has 0 bridgehead atoms. The molecule has 5 nitrogen and oxygen atoms in total. The Morgan fingerprint density at radius 3 is 2.00 bits per heavy atom. The van der Waals surface area contributed by atoms with E-state index in [9.17, 15) is 9.59 Å². The van der Waals surface area contributed by atoms with E-state index in [1.165, 1.54) is 14.1 Å². The number of carbonyl (C=O) groups is 2. The van der Waals surface area contributed by atoms with E-state index in [4.69, 9.17) is 5.11 Å². The highest BCUT2D eigenvalue weighted by atomic mass is 16.4. The van der Waals surface area contributed by atoms with Crippen LogP contribution >= 0.6 is 0 Å². The van der Waals surface area contributed by atoms with Crippen LogP contribution < -0.4 is 11.1 Å². The average Bonchev–Trinajstić information content (AvgIpc) is 2.04. The summed E-state index contributed by atoms with van der Waals surface area (Å²) in [6.07, 6.45) is -0.0362. The number of carboxylic acid groups (broad SMARTS) is 1. The number of hydrogen-bond donors (Lipinski definition) is 3. The predicted molar refractivity (Wildman–Crippen MR) is 47.8 cm³/mol. The molecular weight excluding hydrogens is 160 g/mol. The monoisotopic (exact) mass is 178 g/mol. The fourth-order valence-electron chi connectivity index (χ4n) is 0.345. The zero-order valence-corrected chi connectivity index (χ0v) is 6.76. The third-order valence-corrected chi connectivity index (χ3v) is 0.845. The Morgan fingerprint density at radius 2 is 1.75 bits per heavy atom. The zero-order chi connectivity index (χ0) is 9.28. The molecule has 0 aliphatic heterocycles. The van der Waals surface area contributed by atoms with Gasteiger partial charge in [0, 0.05) is 13.5 Å². The molecule has 0 unspecified atom stereocenters. The lowest BCUT2D eigenvalue weighted by atomic mass is 10.3. The van der Waals surface area contributed by atoms with E-state index in [-0.39, 0.29) is 26.2 Å². The van der Waals surface area contributed by atoms with Gasteiger partial charge >= 0.3 is 5.97 Å². The van der Waals surface area contributed by atoms with Gasteiger partial charge in [0.1, 0.15) is 0 Å². The van der Waals surface area contributed by atoms with Crippen LogP contribution in [0.4, 0.5) is 0 Å². The standard InChI is InChI=1S/C5H9NO3.CH5N.CH4/c1-6-4(7)2-3-5(8)9;1-2;/h2-3H2,1H3,(H,6,7)(H,8,9);2H2,1H3;1H4. The van der Waals surface area contributed by atoms with Gasteiger partial charge in [0.2, 0.25) is 5.91 Å². The summed E-state index contributed by atoms with van der Waals surface area (Å²) in [5.41, 5.74) is 4.50. The van der Waals surface area contributed by atoms with Gasteiger partial charge in [0.25, 0.3) is 0 Å². The van der Waals surface area contributed by atoms with E-state index in [0.29, 0.717) is 0 Å². The van der Waals surface area contributed by atoms with E-state index in [0.717, 1.165) is 0 Å². The highest BCUT2D eigenvalue weighted by Crippen LogP contribution is 1.86. The Morgan fingerprint density at radius 1 is 1.33 bits per heavy atom. The van der Waals surface area contributed by atoms with Crippen molar-refractivity contribution >= 4 is 11.9 Å². The van der Waals surface area contributed by atoms with Crippen molar-refractivity contribution in [1.29, 1.82) is 0 Å². The van der Waals surface area contributed by atoms with Crippen molar-refractivity contribution in [3.05, 3.63) is 0 Å². The molecule has 0 aromatic heterocycles. The molecule has 0 fully saturated rings. The average molecular weight is 178 g/mol. The number of nitrogens with one attached hydrogen (secondary N) is 1. The Balaban J connectivity index is -0.000000249. The first-order chi connectivity index (χ1) is 5.16. The van der Waals surface area contributed by atoms with Gasteiger partial charge in [0.05, 0.1) is 6.42 Å². The van der Waals surface area contributed by atoms with Crippen LogP contribution in [0.5, 0.6) is 0 Å². The summed E-state index contributed by atoms with van der Waals surface area (Å²) in [6, 6.07) is 0. The molecule has 5 heteroatoms. The van der Waals surface area contributed by atoms with Crippen LogP contribution in [0.15, 0.2) is 0 Å². The van der Waals surface area contributed by atoms with Gasteiger partial charge < -0.3 is 16.2 Å². The van der Waals surface area contributed by atoms with Crippen LogP contribution in [0.2, 0.25) is 0 Å². The Bertz CT molecular complexity index is 126. The summed E-state index contributed by atoms with van der Waals surface area (Å²) in [5, 5.41) is 10.4. The van der Waals surface area contributed by atoms with Crippen molar-refractivity contribution in [2.75, 3.05) is 14.1 Å². The van der Waals surface area contributed by atoms with E-state index in [1.807, 2.05) is 0 Å². The van der Waals surface area contributed by atoms with Crippen molar-refractivity contribution in [3.8, 4) is 0 Å². The second kappa shape index (κ2) is 12.6. The van der Waals surface area contributed by atoms with Crippen LogP contribution in [-0.2, 0) is 9.59 Å². The first kappa shape index (κ1) is 17.1. The Hall–Kier alpha value is -1.10. The second-order valence-corrected chi connectivity index (χ2v) is 1.57. The second-order valence-electron chi connectivity index (χ2n) is 1.57. The lowest BCUT2D eigenvalue weighted by Crippen LogP contribution is -2.18. The molecule has 4 N–H and O–H groups in total. The molecule has 0 atom stereocenters. The minimum absolute atomic E-state index is 0. The van der Waals surface area contributed by atoms with Gasteiger partial charge in [-0.05, 0) is 7.05 Å². The minimum atomic E-state index is -0.946. The zero-order valence-electron chi connectivity index (χ0n) is 6.76. The molecular formula is C7H18N2O3. The highest BCUT2D eigenvalue weighted by molar-refractivity contribution is 5.80. The number of amides is 1. The number of hydrogen-bond acceptors (Lipinski definition) is 3. The van der Waals surface area contributed by atoms with Crippen LogP contribution in [0.1, 0.15) is 20.3 Å². The molecule has 1 amide bonds. The van der Waals surface area contributed by atoms with Crippen molar-refractivity contribution in [2.24, 2.45) is 5.73 Å². The van der Waals surface area contributed by atoms with Crippen molar-refractivity contribution in [2.45, 2.75) is 20.3 Å². The molecule has 0 aromatic rings. The van der Waals surface area contributed by atoms with E-state index < -0.39 is 5.97 Å². The largest absolute Gasteiger partial charge is 0.481 e. The molecule has 0 aromatic carbocycles. The van der Waals surface area contributed by atoms with E-state index in [2.05, 4.69) is 11.1 Å². The fraction of sp³-hybridized carbons (Fsp3) is 0.714. The summed E-state index contributed by atoms with van der Waals surface area (Å²) < 4.78 is 0. The molecule has 0 saturated heterocycles. The molecule has 0 spiro atoms.